The quantitative estimate of drug-likeness (QED) is 0.431. The molecule has 0 aliphatic carbocycles. The number of aliphatic hydroxyl groups excluding tert-OH is 2. The maximum atomic E-state index is 12.0. The molecule has 1 unspecified atom stereocenters. The molecular weight excluding hydrogens is 380 g/mol. The first-order valence-corrected chi connectivity index (χ1v) is 9.44. The van der Waals surface area contributed by atoms with Crippen molar-refractivity contribution >= 4 is 17.7 Å². The van der Waals surface area contributed by atoms with Crippen LogP contribution in [0.25, 0.3) is 0 Å². The predicted octanol–water partition coefficient (Wildman–Crippen LogP) is 1.57. The zero-order chi connectivity index (χ0) is 22.0. The lowest BCUT2D eigenvalue weighted by molar-refractivity contribution is -0.137. The molecule has 0 radical (unpaired) electrons. The van der Waals surface area contributed by atoms with Crippen molar-refractivity contribution < 1.29 is 34.4 Å². The summed E-state index contributed by atoms with van der Waals surface area (Å²) in [4.78, 5) is 25.2. The number of anilines is 1. The number of hydrogen-bond donors (Lipinski definition) is 4. The van der Waals surface area contributed by atoms with Crippen LogP contribution in [0.5, 0.6) is 5.75 Å². The summed E-state index contributed by atoms with van der Waals surface area (Å²) in [5, 5.41) is 30.5. The van der Waals surface area contributed by atoms with Crippen LogP contribution in [0, 0.1) is 0 Å². The Morgan fingerprint density at radius 2 is 1.79 bits per heavy atom. The van der Waals surface area contributed by atoms with Crippen molar-refractivity contribution in [2.45, 2.75) is 38.7 Å². The highest BCUT2D eigenvalue weighted by molar-refractivity contribution is 5.70. The lowest BCUT2D eigenvalue weighted by atomic mass is 9.94. The van der Waals surface area contributed by atoms with Crippen LogP contribution in [-0.2, 0) is 9.53 Å². The van der Waals surface area contributed by atoms with Gasteiger partial charge >= 0.3 is 12.1 Å². The molecule has 0 spiro atoms. The van der Waals surface area contributed by atoms with E-state index in [2.05, 4.69) is 5.32 Å². The maximum Gasteiger partial charge on any atom is 0.407 e. The molecule has 1 amide bonds. The number of aliphatic carboxylic acids is 1. The maximum absolute atomic E-state index is 12.0. The van der Waals surface area contributed by atoms with Crippen LogP contribution in [0.4, 0.5) is 10.5 Å². The Balaban J connectivity index is 3.16. The Bertz CT molecular complexity index is 667. The van der Waals surface area contributed by atoms with Crippen molar-refractivity contribution in [1.82, 2.24) is 5.32 Å². The SMILES string of the molecule is COc1ccc(N(CCO)CCO)cc1C(CNC(=O)OC(C)(C)C)CC(=O)O. The lowest BCUT2D eigenvalue weighted by Gasteiger charge is -2.26. The van der Waals surface area contributed by atoms with Crippen LogP contribution in [0.2, 0.25) is 0 Å². The summed E-state index contributed by atoms with van der Waals surface area (Å²) in [7, 11) is 1.48. The van der Waals surface area contributed by atoms with E-state index in [1.807, 2.05) is 0 Å². The number of ether oxygens (including phenoxy) is 2. The Hall–Kier alpha value is -2.52. The van der Waals surface area contributed by atoms with Crippen LogP contribution in [0.1, 0.15) is 38.7 Å². The third-order valence-electron chi connectivity index (χ3n) is 4.07. The van der Waals surface area contributed by atoms with E-state index in [4.69, 9.17) is 9.47 Å². The highest BCUT2D eigenvalue weighted by Gasteiger charge is 2.23. The van der Waals surface area contributed by atoms with Gasteiger partial charge in [0.05, 0.1) is 26.7 Å². The molecule has 1 aromatic rings. The summed E-state index contributed by atoms with van der Waals surface area (Å²) >= 11 is 0. The number of hydrogen-bond acceptors (Lipinski definition) is 7. The number of amides is 1. The average Bonchev–Trinajstić information content (AvgIpc) is 2.62. The Morgan fingerprint density at radius 3 is 2.28 bits per heavy atom. The lowest BCUT2D eigenvalue weighted by Crippen LogP contribution is -2.35. The molecule has 0 saturated carbocycles. The molecule has 9 nitrogen and oxygen atoms in total. The smallest absolute Gasteiger partial charge is 0.407 e. The van der Waals surface area contributed by atoms with Gasteiger partial charge in [0.2, 0.25) is 0 Å². The first-order chi connectivity index (χ1) is 13.6. The molecule has 9 heteroatoms. The van der Waals surface area contributed by atoms with E-state index >= 15 is 0 Å². The van der Waals surface area contributed by atoms with E-state index in [0.29, 0.717) is 30.1 Å². The van der Waals surface area contributed by atoms with Gasteiger partial charge in [0.1, 0.15) is 11.4 Å². The number of methoxy groups -OCH3 is 1. The second-order valence-corrected chi connectivity index (χ2v) is 7.54. The molecule has 4 N–H and O–H groups in total. The van der Waals surface area contributed by atoms with Crippen LogP contribution in [0.3, 0.4) is 0 Å². The molecule has 0 heterocycles. The Kier molecular flexibility index (Phi) is 9.70. The fraction of sp³-hybridized carbons (Fsp3) is 0.600. The monoisotopic (exact) mass is 412 g/mol. The molecule has 1 rings (SSSR count). The predicted molar refractivity (Wildman–Crippen MR) is 109 cm³/mol. The first kappa shape index (κ1) is 24.5. The summed E-state index contributed by atoms with van der Waals surface area (Å²) in [6.45, 7) is 5.69. The minimum Gasteiger partial charge on any atom is -0.496 e. The molecule has 164 valence electrons. The van der Waals surface area contributed by atoms with Gasteiger partial charge in [0, 0.05) is 36.8 Å². The van der Waals surface area contributed by atoms with Crippen molar-refractivity contribution in [3.63, 3.8) is 0 Å². The third kappa shape index (κ3) is 8.57. The van der Waals surface area contributed by atoms with Crippen molar-refractivity contribution in [2.24, 2.45) is 0 Å². The Morgan fingerprint density at radius 1 is 1.17 bits per heavy atom. The molecule has 0 fully saturated rings. The van der Waals surface area contributed by atoms with E-state index in [0.717, 1.165) is 0 Å². The standard InChI is InChI=1S/C20H32N2O7/c1-20(2,3)29-19(27)21-13-14(11-18(25)26)16-12-15(5-6-17(16)28-4)22(7-9-23)8-10-24/h5-6,12,14,23-24H,7-11,13H2,1-4H3,(H,21,27)(H,25,26). The minimum absolute atomic E-state index is 0.0427. The number of nitrogens with one attached hydrogen (secondary N) is 1. The van der Waals surface area contributed by atoms with Crippen molar-refractivity contribution in [3.8, 4) is 5.75 Å². The van der Waals surface area contributed by atoms with Gasteiger partial charge in [-0.15, -0.1) is 0 Å². The van der Waals surface area contributed by atoms with Crippen molar-refractivity contribution in [2.75, 3.05) is 44.9 Å². The van der Waals surface area contributed by atoms with Gasteiger partial charge in [-0.05, 0) is 39.0 Å². The summed E-state index contributed by atoms with van der Waals surface area (Å²) in [6, 6.07) is 5.23. The van der Waals surface area contributed by atoms with Gasteiger partial charge in [-0.25, -0.2) is 4.79 Å². The minimum atomic E-state index is -1.02. The molecule has 0 aliphatic rings. The van der Waals surface area contributed by atoms with E-state index < -0.39 is 23.6 Å². The summed E-state index contributed by atoms with van der Waals surface area (Å²) in [5.74, 6) is -1.10. The number of benzene rings is 1. The normalized spacial score (nSPS) is 12.2. The second kappa shape index (κ2) is 11.5. The zero-order valence-corrected chi connectivity index (χ0v) is 17.5. The molecule has 0 saturated heterocycles. The van der Waals surface area contributed by atoms with Gasteiger partial charge in [0.15, 0.2) is 0 Å². The molecule has 0 aromatic heterocycles. The van der Waals surface area contributed by atoms with Crippen LogP contribution < -0.4 is 15.0 Å². The van der Waals surface area contributed by atoms with E-state index in [-0.39, 0.29) is 26.2 Å². The summed E-state index contributed by atoms with van der Waals surface area (Å²) in [5.41, 5.74) is 0.639. The number of carboxylic acids is 1. The molecule has 1 atom stereocenters. The van der Waals surface area contributed by atoms with Crippen LogP contribution in [-0.4, -0.2) is 72.9 Å². The second-order valence-electron chi connectivity index (χ2n) is 7.54. The van der Waals surface area contributed by atoms with Crippen LogP contribution >= 0.6 is 0 Å². The number of rotatable bonds is 11. The van der Waals surface area contributed by atoms with Gasteiger partial charge < -0.3 is 35.0 Å². The summed E-state index contributed by atoms with van der Waals surface area (Å²) in [6.07, 6.45) is -0.861. The molecule has 29 heavy (non-hydrogen) atoms. The van der Waals surface area contributed by atoms with E-state index in [1.54, 1.807) is 43.9 Å². The molecule has 0 aliphatic heterocycles. The largest absolute Gasteiger partial charge is 0.496 e. The number of carbonyl (C=O) groups excluding carboxylic acids is 1. The highest BCUT2D eigenvalue weighted by Crippen LogP contribution is 2.33. The van der Waals surface area contributed by atoms with Crippen molar-refractivity contribution in [1.29, 1.82) is 0 Å². The Labute approximate surface area is 171 Å². The van der Waals surface area contributed by atoms with E-state index in [9.17, 15) is 24.9 Å². The zero-order valence-electron chi connectivity index (χ0n) is 17.5. The third-order valence-corrected chi connectivity index (χ3v) is 4.07. The van der Waals surface area contributed by atoms with E-state index in [1.165, 1.54) is 7.11 Å². The van der Waals surface area contributed by atoms with Gasteiger partial charge in [-0.3, -0.25) is 4.79 Å². The van der Waals surface area contributed by atoms with Crippen molar-refractivity contribution in [3.05, 3.63) is 23.8 Å². The molecule has 0 bridgehead atoms. The number of carbonyl (C=O) groups is 2. The average molecular weight is 412 g/mol. The fourth-order valence-electron chi connectivity index (χ4n) is 2.87. The molecule has 1 aromatic carbocycles. The highest BCUT2D eigenvalue weighted by atomic mass is 16.6. The topological polar surface area (TPSA) is 129 Å². The van der Waals surface area contributed by atoms with Gasteiger partial charge in [0.25, 0.3) is 0 Å². The number of nitrogens with zero attached hydrogens (tertiary/aromatic N) is 1. The fourth-order valence-corrected chi connectivity index (χ4v) is 2.87. The van der Waals surface area contributed by atoms with Crippen LogP contribution in [0.15, 0.2) is 18.2 Å². The first-order valence-electron chi connectivity index (χ1n) is 9.44. The number of aliphatic hydroxyl groups is 2. The van der Waals surface area contributed by atoms with Gasteiger partial charge in [-0.1, -0.05) is 0 Å². The summed E-state index contributed by atoms with van der Waals surface area (Å²) < 4.78 is 10.6. The van der Waals surface area contributed by atoms with Gasteiger partial charge in [-0.2, -0.15) is 0 Å². The number of alkyl carbamates (subject to hydrolysis) is 1. The molecular formula is C20H32N2O7. The number of carboxylic acid groups (broad SMARTS) is 1.